The predicted octanol–water partition coefficient (Wildman–Crippen LogP) is 8.88. The summed E-state index contributed by atoms with van der Waals surface area (Å²) in [5.74, 6) is 3.33. The highest BCUT2D eigenvalue weighted by Gasteiger charge is 2.23. The van der Waals surface area contributed by atoms with Crippen LogP contribution < -0.4 is 18.9 Å². The molecule has 216 valence electrons. The Morgan fingerprint density at radius 3 is 2.07 bits per heavy atom. The molecule has 0 radical (unpaired) electrons. The van der Waals surface area contributed by atoms with Crippen LogP contribution in [0.5, 0.6) is 23.0 Å². The van der Waals surface area contributed by atoms with Gasteiger partial charge in [-0.3, -0.25) is 0 Å². The summed E-state index contributed by atoms with van der Waals surface area (Å²) in [7, 11) is 3.22. The van der Waals surface area contributed by atoms with E-state index < -0.39 is 0 Å². The van der Waals surface area contributed by atoms with Gasteiger partial charge in [-0.05, 0) is 90.3 Å². The number of ether oxygens (including phenoxy) is 4. The Morgan fingerprint density at radius 2 is 1.47 bits per heavy atom. The average Bonchev–Trinajstić information content (AvgIpc) is 3.42. The molecule has 1 aromatic heterocycles. The van der Waals surface area contributed by atoms with Gasteiger partial charge in [-0.15, -0.1) is 0 Å². The van der Waals surface area contributed by atoms with Crippen molar-refractivity contribution in [3.8, 4) is 51.5 Å². The first kappa shape index (κ1) is 29.3. The Labute approximate surface area is 255 Å². The molecule has 5 rings (SSSR count). The van der Waals surface area contributed by atoms with E-state index in [1.807, 2.05) is 97.9 Å². The van der Waals surface area contributed by atoms with Crippen molar-refractivity contribution in [2.75, 3.05) is 20.8 Å². The Bertz CT molecular complexity index is 1750. The lowest BCUT2D eigenvalue weighted by Crippen LogP contribution is -2.00. The molecule has 0 unspecified atom stereocenters. The summed E-state index contributed by atoms with van der Waals surface area (Å²) in [6, 6.07) is 30.3. The number of hydrogen-bond acceptors (Lipinski definition) is 7. The van der Waals surface area contributed by atoms with Crippen molar-refractivity contribution in [3.63, 3.8) is 0 Å². The fourth-order valence-corrected chi connectivity index (χ4v) is 4.59. The van der Waals surface area contributed by atoms with Crippen LogP contribution in [0.25, 0.3) is 22.5 Å². The molecule has 0 fully saturated rings. The van der Waals surface area contributed by atoms with E-state index in [0.717, 1.165) is 22.3 Å². The smallest absolute Gasteiger partial charge is 0.238 e. The minimum Gasteiger partial charge on any atom is -0.497 e. The van der Waals surface area contributed by atoms with Gasteiger partial charge in [-0.1, -0.05) is 35.9 Å². The molecule has 0 aliphatic rings. The van der Waals surface area contributed by atoms with Gasteiger partial charge in [0.15, 0.2) is 11.5 Å². The molecule has 8 heteroatoms. The standard InChI is InChI=1S/C35H29ClN2O5/c1-4-41-32-19-24(7-18-31(32)42-22-23-5-12-27(36)13-6-23)21-38-35-30(20-37)33(25-8-14-28(39-2)15-9-25)34(43-35)26-10-16-29(40-3)17-11-26/h5-19,21H,4,22H2,1-3H3. The summed E-state index contributed by atoms with van der Waals surface area (Å²) in [6.07, 6.45) is 1.64. The molecule has 0 aliphatic carbocycles. The highest BCUT2D eigenvalue weighted by molar-refractivity contribution is 6.30. The molecule has 0 amide bonds. The number of benzene rings is 4. The van der Waals surface area contributed by atoms with Gasteiger partial charge in [0.1, 0.15) is 35.5 Å². The molecule has 0 saturated carbocycles. The number of aliphatic imine (C=N–C) groups is 1. The number of nitriles is 1. The SMILES string of the molecule is CCOc1cc(C=Nc2oc(-c3ccc(OC)cc3)c(-c3ccc(OC)cc3)c2C#N)ccc1OCc1ccc(Cl)cc1. The van der Waals surface area contributed by atoms with E-state index in [1.165, 1.54) is 0 Å². The molecule has 0 N–H and O–H groups in total. The lowest BCUT2D eigenvalue weighted by Gasteiger charge is -2.12. The van der Waals surface area contributed by atoms with Crippen LogP contribution in [0.2, 0.25) is 5.02 Å². The van der Waals surface area contributed by atoms with Gasteiger partial charge in [0.25, 0.3) is 0 Å². The van der Waals surface area contributed by atoms with E-state index in [-0.39, 0.29) is 5.88 Å². The van der Waals surface area contributed by atoms with Crippen molar-refractivity contribution >= 4 is 23.7 Å². The number of halogens is 1. The summed E-state index contributed by atoms with van der Waals surface area (Å²) in [5, 5.41) is 10.9. The molecular formula is C35H29ClN2O5. The van der Waals surface area contributed by atoms with E-state index in [9.17, 15) is 5.26 Å². The van der Waals surface area contributed by atoms with Crippen LogP contribution in [-0.4, -0.2) is 27.0 Å². The quantitative estimate of drug-likeness (QED) is 0.142. The van der Waals surface area contributed by atoms with Gasteiger partial charge in [0, 0.05) is 22.4 Å². The predicted molar refractivity (Wildman–Crippen MR) is 168 cm³/mol. The van der Waals surface area contributed by atoms with Crippen molar-refractivity contribution in [1.29, 1.82) is 5.26 Å². The first-order valence-electron chi connectivity index (χ1n) is 13.6. The molecular weight excluding hydrogens is 564 g/mol. The third kappa shape index (κ3) is 6.83. The molecule has 0 saturated heterocycles. The molecule has 0 spiro atoms. The van der Waals surface area contributed by atoms with Gasteiger partial charge in [0.05, 0.1) is 20.8 Å². The third-order valence-corrected chi connectivity index (χ3v) is 6.89. The minimum absolute atomic E-state index is 0.195. The zero-order chi connectivity index (χ0) is 30.2. The van der Waals surface area contributed by atoms with E-state index in [2.05, 4.69) is 11.1 Å². The Kier molecular flexibility index (Phi) is 9.30. The third-order valence-electron chi connectivity index (χ3n) is 6.64. The largest absolute Gasteiger partial charge is 0.497 e. The Hall–Kier alpha value is -5.19. The molecule has 1 heterocycles. The number of nitrogens with zero attached hydrogens (tertiary/aromatic N) is 2. The van der Waals surface area contributed by atoms with Crippen molar-refractivity contribution in [2.24, 2.45) is 4.99 Å². The summed E-state index contributed by atoms with van der Waals surface area (Å²) in [5.41, 5.74) is 4.28. The zero-order valence-electron chi connectivity index (χ0n) is 24.0. The molecule has 0 atom stereocenters. The zero-order valence-corrected chi connectivity index (χ0v) is 24.7. The van der Waals surface area contributed by atoms with Crippen LogP contribution in [0.4, 0.5) is 5.88 Å². The van der Waals surface area contributed by atoms with Crippen LogP contribution in [0.15, 0.2) is 100 Å². The molecule has 7 nitrogen and oxygen atoms in total. The van der Waals surface area contributed by atoms with Crippen LogP contribution in [-0.2, 0) is 6.61 Å². The average molecular weight is 593 g/mol. The second-order valence-corrected chi connectivity index (χ2v) is 9.80. The fraction of sp³-hybridized carbons (Fsp3) is 0.143. The van der Waals surface area contributed by atoms with E-state index >= 15 is 0 Å². The van der Waals surface area contributed by atoms with E-state index in [1.54, 1.807) is 20.4 Å². The first-order chi connectivity index (χ1) is 21.0. The molecule has 0 bridgehead atoms. The van der Waals surface area contributed by atoms with Crippen molar-refractivity contribution in [3.05, 3.63) is 113 Å². The lowest BCUT2D eigenvalue weighted by molar-refractivity contribution is 0.269. The number of furan rings is 1. The van der Waals surface area contributed by atoms with Crippen LogP contribution in [0.3, 0.4) is 0 Å². The van der Waals surface area contributed by atoms with Gasteiger partial charge >= 0.3 is 0 Å². The van der Waals surface area contributed by atoms with Crippen LogP contribution >= 0.6 is 11.6 Å². The van der Waals surface area contributed by atoms with Gasteiger partial charge in [-0.25, -0.2) is 4.99 Å². The van der Waals surface area contributed by atoms with Gasteiger partial charge in [0.2, 0.25) is 5.88 Å². The minimum atomic E-state index is 0.195. The van der Waals surface area contributed by atoms with Crippen molar-refractivity contribution in [1.82, 2.24) is 0 Å². The van der Waals surface area contributed by atoms with E-state index in [0.29, 0.717) is 58.1 Å². The second-order valence-electron chi connectivity index (χ2n) is 9.37. The number of hydrogen-bond donors (Lipinski definition) is 0. The summed E-state index contributed by atoms with van der Waals surface area (Å²) >= 11 is 5.99. The Balaban J connectivity index is 1.49. The number of rotatable bonds is 11. The lowest BCUT2D eigenvalue weighted by atomic mass is 9.98. The van der Waals surface area contributed by atoms with Crippen LogP contribution in [0.1, 0.15) is 23.6 Å². The monoisotopic (exact) mass is 592 g/mol. The second kappa shape index (κ2) is 13.6. The summed E-state index contributed by atoms with van der Waals surface area (Å²) in [6.45, 7) is 2.74. The Morgan fingerprint density at radius 1 is 0.814 bits per heavy atom. The number of methoxy groups -OCH3 is 2. The fourth-order valence-electron chi connectivity index (χ4n) is 4.46. The maximum absolute atomic E-state index is 10.2. The van der Waals surface area contributed by atoms with E-state index in [4.69, 9.17) is 35.0 Å². The summed E-state index contributed by atoms with van der Waals surface area (Å²) in [4.78, 5) is 4.61. The highest BCUT2D eigenvalue weighted by Crippen LogP contribution is 2.43. The maximum Gasteiger partial charge on any atom is 0.238 e. The van der Waals surface area contributed by atoms with Crippen LogP contribution in [0, 0.1) is 11.3 Å². The van der Waals surface area contributed by atoms with Gasteiger partial charge < -0.3 is 23.4 Å². The van der Waals surface area contributed by atoms with Crippen molar-refractivity contribution < 1.29 is 23.4 Å². The maximum atomic E-state index is 10.2. The highest BCUT2D eigenvalue weighted by atomic mass is 35.5. The first-order valence-corrected chi connectivity index (χ1v) is 13.9. The molecule has 43 heavy (non-hydrogen) atoms. The normalized spacial score (nSPS) is 10.9. The molecule has 4 aromatic carbocycles. The molecule has 5 aromatic rings. The molecule has 0 aliphatic heterocycles. The van der Waals surface area contributed by atoms with Crippen molar-refractivity contribution in [2.45, 2.75) is 13.5 Å². The van der Waals surface area contributed by atoms with Gasteiger partial charge in [-0.2, -0.15) is 5.26 Å². The topological polar surface area (TPSA) is 86.2 Å². The summed E-state index contributed by atoms with van der Waals surface area (Å²) < 4.78 is 28.8.